The third-order valence-electron chi connectivity index (χ3n) is 4.60. The lowest BCUT2D eigenvalue weighted by Crippen LogP contribution is -2.41. The van der Waals surface area contributed by atoms with Gasteiger partial charge in [-0.3, -0.25) is 0 Å². The quantitative estimate of drug-likeness (QED) is 0.522. The summed E-state index contributed by atoms with van der Waals surface area (Å²) in [5.41, 5.74) is 0.896. The molecule has 1 fully saturated rings. The van der Waals surface area contributed by atoms with Crippen LogP contribution < -0.4 is 4.74 Å². The molecular weight excluding hydrogens is 350 g/mol. The summed E-state index contributed by atoms with van der Waals surface area (Å²) in [7, 11) is 0. The second-order valence-corrected chi connectivity index (χ2v) is 8.61. The lowest BCUT2D eigenvalue weighted by Gasteiger charge is -2.33. The van der Waals surface area contributed by atoms with Crippen molar-refractivity contribution in [1.82, 2.24) is 4.90 Å². The predicted octanol–water partition coefficient (Wildman–Crippen LogP) is 6.47. The van der Waals surface area contributed by atoms with E-state index < -0.39 is 5.60 Å². The van der Waals surface area contributed by atoms with Gasteiger partial charge in [-0.05, 0) is 76.5 Å². The summed E-state index contributed by atoms with van der Waals surface area (Å²) in [6.45, 7) is 14.5. The lowest BCUT2D eigenvalue weighted by molar-refractivity contribution is 0.0179. The molecule has 0 unspecified atom stereocenters. The van der Waals surface area contributed by atoms with E-state index in [1.807, 2.05) is 31.7 Å². The minimum atomic E-state index is -0.416. The third kappa shape index (κ3) is 10.0. The number of carbonyl (C=O) groups is 1. The van der Waals surface area contributed by atoms with Crippen LogP contribution >= 0.6 is 0 Å². The number of likely N-dealkylation sites (tertiary alicyclic amines) is 1. The van der Waals surface area contributed by atoms with Crippen LogP contribution in [0.2, 0.25) is 0 Å². The Balaban J connectivity index is 0.00000122. The fourth-order valence-electron chi connectivity index (χ4n) is 3.15. The van der Waals surface area contributed by atoms with Crippen molar-refractivity contribution in [3.63, 3.8) is 0 Å². The van der Waals surface area contributed by atoms with E-state index in [0.29, 0.717) is 5.92 Å². The van der Waals surface area contributed by atoms with E-state index in [4.69, 9.17) is 9.47 Å². The first-order valence-corrected chi connectivity index (χ1v) is 11.0. The fourth-order valence-corrected chi connectivity index (χ4v) is 3.15. The summed E-state index contributed by atoms with van der Waals surface area (Å²) in [6.07, 6.45) is 6.45. The number of ether oxygens (including phenoxy) is 2. The molecule has 2 rings (SSSR count). The minimum Gasteiger partial charge on any atom is -0.494 e. The Morgan fingerprint density at radius 2 is 1.79 bits per heavy atom. The molecule has 1 aromatic carbocycles. The van der Waals surface area contributed by atoms with Gasteiger partial charge in [0.25, 0.3) is 0 Å². The van der Waals surface area contributed by atoms with Crippen molar-refractivity contribution in [2.75, 3.05) is 19.7 Å². The first-order valence-electron chi connectivity index (χ1n) is 11.0. The topological polar surface area (TPSA) is 38.8 Å². The largest absolute Gasteiger partial charge is 0.494 e. The van der Waals surface area contributed by atoms with E-state index in [0.717, 1.165) is 57.6 Å². The second kappa shape index (κ2) is 12.7. The van der Waals surface area contributed by atoms with Crippen LogP contribution in [0.25, 0.3) is 0 Å². The summed E-state index contributed by atoms with van der Waals surface area (Å²) < 4.78 is 11.3. The van der Waals surface area contributed by atoms with Gasteiger partial charge in [0.05, 0.1) is 6.61 Å². The normalized spacial score (nSPS) is 14.9. The van der Waals surface area contributed by atoms with Gasteiger partial charge in [0.15, 0.2) is 0 Å². The number of piperidine rings is 1. The van der Waals surface area contributed by atoms with Crippen molar-refractivity contribution < 1.29 is 14.3 Å². The van der Waals surface area contributed by atoms with Gasteiger partial charge in [-0.1, -0.05) is 39.3 Å². The average Bonchev–Trinajstić information content (AvgIpc) is 2.65. The monoisotopic (exact) mass is 391 g/mol. The van der Waals surface area contributed by atoms with Crippen LogP contribution in [0.3, 0.4) is 0 Å². The van der Waals surface area contributed by atoms with Crippen molar-refractivity contribution in [3.05, 3.63) is 29.8 Å². The molecule has 0 bridgehead atoms. The third-order valence-corrected chi connectivity index (χ3v) is 4.60. The Morgan fingerprint density at radius 3 is 2.36 bits per heavy atom. The second-order valence-electron chi connectivity index (χ2n) is 8.61. The van der Waals surface area contributed by atoms with Crippen molar-refractivity contribution in [1.29, 1.82) is 0 Å². The molecule has 4 nitrogen and oxygen atoms in total. The molecule has 0 spiro atoms. The van der Waals surface area contributed by atoms with Crippen LogP contribution in [0.15, 0.2) is 24.3 Å². The molecule has 1 aliphatic rings. The van der Waals surface area contributed by atoms with Crippen molar-refractivity contribution in [2.24, 2.45) is 5.92 Å². The first-order chi connectivity index (χ1) is 13.3. The maximum absolute atomic E-state index is 12.1. The van der Waals surface area contributed by atoms with Crippen molar-refractivity contribution in [2.45, 2.75) is 85.7 Å². The van der Waals surface area contributed by atoms with Crippen molar-refractivity contribution in [3.8, 4) is 5.75 Å². The molecule has 0 aromatic heterocycles. The van der Waals surface area contributed by atoms with Gasteiger partial charge in [0, 0.05) is 13.1 Å². The summed E-state index contributed by atoms with van der Waals surface area (Å²) in [5, 5.41) is 0. The van der Waals surface area contributed by atoms with Crippen LogP contribution in [0.1, 0.15) is 79.2 Å². The van der Waals surface area contributed by atoms with Gasteiger partial charge in [-0.2, -0.15) is 0 Å². The van der Waals surface area contributed by atoms with Crippen LogP contribution in [0.4, 0.5) is 4.79 Å². The van der Waals surface area contributed by atoms with Gasteiger partial charge in [-0.25, -0.2) is 4.79 Å². The molecule has 1 aromatic rings. The molecule has 0 N–H and O–H groups in total. The highest BCUT2D eigenvalue weighted by atomic mass is 16.6. The highest BCUT2D eigenvalue weighted by Gasteiger charge is 2.26. The zero-order valence-corrected chi connectivity index (χ0v) is 18.9. The van der Waals surface area contributed by atoms with E-state index >= 15 is 0 Å². The molecule has 0 atom stereocenters. The summed E-state index contributed by atoms with van der Waals surface area (Å²) in [6, 6.07) is 8.34. The highest BCUT2D eigenvalue weighted by molar-refractivity contribution is 5.68. The number of carbonyl (C=O) groups excluding carboxylic acids is 1. The molecule has 0 saturated carbocycles. The van der Waals surface area contributed by atoms with E-state index in [1.165, 1.54) is 12.0 Å². The van der Waals surface area contributed by atoms with E-state index in [2.05, 4.69) is 39.0 Å². The maximum atomic E-state index is 12.1. The maximum Gasteiger partial charge on any atom is 0.410 e. The van der Waals surface area contributed by atoms with Crippen LogP contribution in [-0.2, 0) is 11.2 Å². The Hall–Kier alpha value is -1.71. The van der Waals surface area contributed by atoms with Crippen LogP contribution in [0, 0.1) is 5.92 Å². The average molecular weight is 392 g/mol. The van der Waals surface area contributed by atoms with E-state index in [9.17, 15) is 4.79 Å². The zero-order chi connectivity index (χ0) is 21.0. The smallest absolute Gasteiger partial charge is 0.410 e. The molecule has 4 heteroatoms. The standard InChI is InChI=1S/C21H33NO3.C3H8/c1-5-17-8-6-10-19(16-17)24-15-7-9-18-11-13-22(14-12-18)20(23)25-21(2,3)4;1-3-2/h6,8,10,16,18H,5,7,9,11-15H2,1-4H3;3H2,1-2H3. The Kier molecular flexibility index (Phi) is 11.0. The zero-order valence-electron chi connectivity index (χ0n) is 18.9. The summed E-state index contributed by atoms with van der Waals surface area (Å²) in [4.78, 5) is 13.9. The Bertz CT molecular complexity index is 557. The van der Waals surface area contributed by atoms with Gasteiger partial charge < -0.3 is 14.4 Å². The number of rotatable bonds is 6. The van der Waals surface area contributed by atoms with Gasteiger partial charge >= 0.3 is 6.09 Å². The van der Waals surface area contributed by atoms with E-state index in [-0.39, 0.29) is 6.09 Å². The molecule has 1 saturated heterocycles. The van der Waals surface area contributed by atoms with Gasteiger partial charge in [-0.15, -0.1) is 0 Å². The fraction of sp³-hybridized carbons (Fsp3) is 0.708. The minimum absolute atomic E-state index is 0.176. The van der Waals surface area contributed by atoms with Gasteiger partial charge in [0.2, 0.25) is 0 Å². The first kappa shape index (κ1) is 24.3. The number of hydrogen-bond acceptors (Lipinski definition) is 3. The SMILES string of the molecule is CCC.CCc1cccc(OCCCC2CCN(C(=O)OC(C)(C)C)CC2)c1. The molecule has 28 heavy (non-hydrogen) atoms. The number of nitrogens with zero attached hydrogens (tertiary/aromatic N) is 1. The molecule has 1 amide bonds. The Labute approximate surface area is 172 Å². The Morgan fingerprint density at radius 1 is 1.14 bits per heavy atom. The molecule has 0 aliphatic carbocycles. The summed E-state index contributed by atoms with van der Waals surface area (Å²) in [5.74, 6) is 1.66. The number of benzene rings is 1. The highest BCUT2D eigenvalue weighted by Crippen LogP contribution is 2.23. The number of hydrogen-bond donors (Lipinski definition) is 0. The van der Waals surface area contributed by atoms with E-state index in [1.54, 1.807) is 0 Å². The number of amides is 1. The lowest BCUT2D eigenvalue weighted by atomic mass is 9.92. The molecular formula is C24H41NO3. The number of aryl methyl sites for hydroxylation is 1. The predicted molar refractivity (Wildman–Crippen MR) is 117 cm³/mol. The molecule has 1 aliphatic heterocycles. The molecule has 0 radical (unpaired) electrons. The molecule has 160 valence electrons. The van der Waals surface area contributed by atoms with Crippen LogP contribution in [-0.4, -0.2) is 36.3 Å². The van der Waals surface area contributed by atoms with Crippen molar-refractivity contribution >= 4 is 6.09 Å². The van der Waals surface area contributed by atoms with Crippen LogP contribution in [0.5, 0.6) is 5.75 Å². The van der Waals surface area contributed by atoms with Gasteiger partial charge in [0.1, 0.15) is 11.4 Å². The molecule has 1 heterocycles. The summed E-state index contributed by atoms with van der Waals surface area (Å²) >= 11 is 0.